The lowest BCUT2D eigenvalue weighted by molar-refractivity contribution is -0.00587. The molecule has 38 heavy (non-hydrogen) atoms. The van der Waals surface area contributed by atoms with Crippen LogP contribution in [0, 0.1) is 25.5 Å². The Balaban J connectivity index is 1.80. The van der Waals surface area contributed by atoms with E-state index >= 15 is 8.78 Å². The van der Waals surface area contributed by atoms with E-state index in [4.69, 9.17) is 11.6 Å². The van der Waals surface area contributed by atoms with Crippen molar-refractivity contribution in [3.8, 4) is 17.1 Å². The first-order chi connectivity index (χ1) is 17.7. The minimum absolute atomic E-state index is 0.127. The van der Waals surface area contributed by atoms with E-state index in [9.17, 15) is 18.7 Å². The maximum Gasteiger partial charge on any atom is 0.280 e. The molecule has 4 aromatic heterocycles. The number of aryl methyl sites for hydroxylation is 2. The van der Waals surface area contributed by atoms with Crippen LogP contribution in [0.5, 0.6) is 0 Å². The van der Waals surface area contributed by atoms with E-state index < -0.39 is 51.4 Å². The quantitative estimate of drug-likeness (QED) is 0.334. The van der Waals surface area contributed by atoms with Crippen molar-refractivity contribution in [3.63, 3.8) is 0 Å². The van der Waals surface area contributed by atoms with Crippen molar-refractivity contribution in [2.75, 3.05) is 0 Å². The van der Waals surface area contributed by atoms with Crippen LogP contribution in [-0.2, 0) is 17.9 Å². The summed E-state index contributed by atoms with van der Waals surface area (Å²) < 4.78 is 58.7. The van der Waals surface area contributed by atoms with Crippen molar-refractivity contribution in [2.45, 2.75) is 45.6 Å². The number of halogens is 5. The number of hydrogen-bond acceptors (Lipinski definition) is 6. The van der Waals surface area contributed by atoms with E-state index in [2.05, 4.69) is 19.9 Å². The van der Waals surface area contributed by atoms with E-state index in [0.29, 0.717) is 34.9 Å². The van der Waals surface area contributed by atoms with Gasteiger partial charge >= 0.3 is 0 Å². The second kappa shape index (κ2) is 9.88. The fourth-order valence-corrected chi connectivity index (χ4v) is 4.12. The highest BCUT2D eigenvalue weighted by Gasteiger charge is 2.37. The first-order valence-corrected chi connectivity index (χ1v) is 11.7. The van der Waals surface area contributed by atoms with Crippen LogP contribution in [0.2, 0.25) is 5.02 Å². The second-order valence-electron chi connectivity index (χ2n) is 9.30. The molecule has 12 heteroatoms. The van der Waals surface area contributed by atoms with Gasteiger partial charge in [0, 0.05) is 29.7 Å². The summed E-state index contributed by atoms with van der Waals surface area (Å²) in [6.45, 7) is 6.19. The summed E-state index contributed by atoms with van der Waals surface area (Å²) in [7, 11) is 0. The molecule has 0 aliphatic rings. The predicted octanol–water partition coefficient (Wildman–Crippen LogP) is 5.19. The number of rotatable bonds is 6. The molecule has 0 atom stereocenters. The Labute approximate surface area is 219 Å². The van der Waals surface area contributed by atoms with Crippen molar-refractivity contribution in [3.05, 3.63) is 98.2 Å². The molecule has 4 aromatic rings. The smallest absolute Gasteiger partial charge is 0.280 e. The van der Waals surface area contributed by atoms with Gasteiger partial charge in [-0.05, 0) is 51.5 Å². The molecule has 0 fully saturated rings. The lowest BCUT2D eigenvalue weighted by Crippen LogP contribution is -2.28. The largest absolute Gasteiger partial charge is 0.382 e. The molecule has 0 bridgehead atoms. The molecule has 0 aliphatic heterocycles. The van der Waals surface area contributed by atoms with Gasteiger partial charge < -0.3 is 5.11 Å². The maximum atomic E-state index is 15.2. The normalized spacial score (nSPS) is 12.2. The summed E-state index contributed by atoms with van der Waals surface area (Å²) in [6.07, 6.45) is 2.35. The van der Waals surface area contributed by atoms with Gasteiger partial charge in [0.05, 0.1) is 35.4 Å². The maximum absolute atomic E-state index is 15.2. The van der Waals surface area contributed by atoms with Gasteiger partial charge in [0.1, 0.15) is 22.3 Å². The highest BCUT2D eigenvalue weighted by Crippen LogP contribution is 2.36. The van der Waals surface area contributed by atoms with Crippen molar-refractivity contribution in [2.24, 2.45) is 0 Å². The lowest BCUT2D eigenvalue weighted by Gasteiger charge is -2.21. The van der Waals surface area contributed by atoms with Gasteiger partial charge in [-0.25, -0.2) is 27.5 Å². The SMILES string of the molecule is Cc1cnc(-c2ccnc(C(C)(C)O)n2)cc1-n1c(C)cc(C(F)(F)Cc2ncc(F)cc2F)c(Cl)c1=O. The third-order valence-electron chi connectivity index (χ3n) is 5.78. The Bertz CT molecular complexity index is 1600. The van der Waals surface area contributed by atoms with Crippen LogP contribution in [0.25, 0.3) is 17.1 Å². The van der Waals surface area contributed by atoms with Crippen LogP contribution in [-0.4, -0.2) is 29.6 Å². The second-order valence-corrected chi connectivity index (χ2v) is 9.68. The Hall–Kier alpha value is -3.70. The molecule has 0 spiro atoms. The van der Waals surface area contributed by atoms with Crippen molar-refractivity contribution < 1.29 is 22.7 Å². The molecule has 4 heterocycles. The average Bonchev–Trinajstić information content (AvgIpc) is 2.84. The van der Waals surface area contributed by atoms with Crippen LogP contribution in [0.15, 0.2) is 47.7 Å². The zero-order chi connectivity index (χ0) is 28.0. The molecular formula is C26H22ClF4N5O2. The highest BCUT2D eigenvalue weighted by molar-refractivity contribution is 6.31. The van der Waals surface area contributed by atoms with Gasteiger partial charge in [0.2, 0.25) is 0 Å². The molecule has 0 radical (unpaired) electrons. The topological polar surface area (TPSA) is 93.8 Å². The van der Waals surface area contributed by atoms with E-state index in [1.165, 1.54) is 33.2 Å². The summed E-state index contributed by atoms with van der Waals surface area (Å²) in [5.41, 5.74) is -2.00. The Morgan fingerprint density at radius 1 is 1.03 bits per heavy atom. The van der Waals surface area contributed by atoms with Gasteiger partial charge in [-0.15, -0.1) is 0 Å². The van der Waals surface area contributed by atoms with Crippen LogP contribution >= 0.6 is 11.6 Å². The Morgan fingerprint density at radius 2 is 1.74 bits per heavy atom. The van der Waals surface area contributed by atoms with Crippen molar-refractivity contribution in [1.29, 1.82) is 0 Å². The standard InChI is InChI=1S/C26H22ClF4N5O2/c1-13-11-33-19(18-5-6-32-24(35-18)25(3,4)38)9-21(13)36-14(2)7-16(22(27)23(36)37)26(30,31)10-20-17(29)8-15(28)12-34-20/h5-9,11-12,38H,10H2,1-4H3. The van der Waals surface area contributed by atoms with E-state index in [1.807, 2.05) is 0 Å². The predicted molar refractivity (Wildman–Crippen MR) is 132 cm³/mol. The van der Waals surface area contributed by atoms with Crippen molar-refractivity contribution >= 4 is 11.6 Å². The molecule has 0 unspecified atom stereocenters. The van der Waals surface area contributed by atoms with Crippen LogP contribution < -0.4 is 5.56 Å². The highest BCUT2D eigenvalue weighted by atomic mass is 35.5. The number of pyridine rings is 3. The van der Waals surface area contributed by atoms with Crippen LogP contribution in [0.1, 0.15) is 42.2 Å². The lowest BCUT2D eigenvalue weighted by atomic mass is 10.0. The van der Waals surface area contributed by atoms with E-state index in [0.717, 1.165) is 10.6 Å². The summed E-state index contributed by atoms with van der Waals surface area (Å²) in [6, 6.07) is 4.62. The van der Waals surface area contributed by atoms with Gasteiger partial charge in [0.15, 0.2) is 5.82 Å². The third-order valence-corrected chi connectivity index (χ3v) is 6.15. The number of nitrogens with zero attached hydrogens (tertiary/aromatic N) is 5. The molecule has 0 saturated carbocycles. The molecule has 0 amide bonds. The Kier molecular flexibility index (Phi) is 7.11. The molecule has 1 N–H and O–H groups in total. The summed E-state index contributed by atoms with van der Waals surface area (Å²) >= 11 is 6.16. The summed E-state index contributed by atoms with van der Waals surface area (Å²) in [5.74, 6) is -5.85. The number of aromatic nitrogens is 5. The minimum atomic E-state index is -3.78. The monoisotopic (exact) mass is 547 g/mol. The van der Waals surface area contributed by atoms with E-state index in [1.54, 1.807) is 19.1 Å². The Morgan fingerprint density at radius 3 is 2.39 bits per heavy atom. The van der Waals surface area contributed by atoms with Gasteiger partial charge in [-0.3, -0.25) is 19.3 Å². The first kappa shape index (κ1) is 27.3. The molecular weight excluding hydrogens is 526 g/mol. The summed E-state index contributed by atoms with van der Waals surface area (Å²) in [4.78, 5) is 29.5. The molecule has 0 saturated heterocycles. The zero-order valence-electron chi connectivity index (χ0n) is 20.7. The molecule has 4 rings (SSSR count). The van der Waals surface area contributed by atoms with E-state index in [-0.39, 0.29) is 11.5 Å². The van der Waals surface area contributed by atoms with Gasteiger partial charge in [0.25, 0.3) is 11.5 Å². The number of alkyl halides is 2. The zero-order valence-corrected chi connectivity index (χ0v) is 21.5. The molecule has 7 nitrogen and oxygen atoms in total. The minimum Gasteiger partial charge on any atom is -0.382 e. The molecule has 198 valence electrons. The first-order valence-electron chi connectivity index (χ1n) is 11.3. The fourth-order valence-electron chi connectivity index (χ4n) is 3.84. The fraction of sp³-hybridized carbons (Fsp3) is 0.269. The molecule has 0 aromatic carbocycles. The molecule has 0 aliphatic carbocycles. The summed E-state index contributed by atoms with van der Waals surface area (Å²) in [5, 5.41) is 9.49. The van der Waals surface area contributed by atoms with Gasteiger partial charge in [-0.1, -0.05) is 11.6 Å². The van der Waals surface area contributed by atoms with Gasteiger partial charge in [-0.2, -0.15) is 0 Å². The number of aliphatic hydroxyl groups is 1. The van der Waals surface area contributed by atoms with Crippen molar-refractivity contribution in [1.82, 2.24) is 24.5 Å². The van der Waals surface area contributed by atoms with Crippen LogP contribution in [0.3, 0.4) is 0 Å². The van der Waals surface area contributed by atoms with Crippen LogP contribution in [0.4, 0.5) is 17.6 Å². The number of hydrogen-bond donors (Lipinski definition) is 1. The average molecular weight is 548 g/mol. The third kappa shape index (κ3) is 5.30.